The van der Waals surface area contributed by atoms with Gasteiger partial charge in [-0.05, 0) is 18.6 Å². The predicted molar refractivity (Wildman–Crippen MR) is 82.5 cm³/mol. The van der Waals surface area contributed by atoms with Crippen LogP contribution in [0.2, 0.25) is 0 Å². The molecule has 0 bridgehead atoms. The number of benzene rings is 1. The van der Waals surface area contributed by atoms with E-state index in [1.165, 1.54) is 11.3 Å². The average molecular weight is 315 g/mol. The lowest BCUT2D eigenvalue weighted by Crippen LogP contribution is -2.17. The van der Waals surface area contributed by atoms with Crippen LogP contribution in [0, 0.1) is 0 Å². The van der Waals surface area contributed by atoms with Crippen molar-refractivity contribution in [3.8, 4) is 5.75 Å². The van der Waals surface area contributed by atoms with E-state index in [4.69, 9.17) is 4.74 Å². The number of hydrogen-bond acceptors (Lipinski definition) is 6. The number of para-hydroxylation sites is 1. The fraction of sp³-hybridized carbons (Fsp3) is 0.286. The highest BCUT2D eigenvalue weighted by Gasteiger charge is 2.23. The Bertz CT molecular complexity index is 869. The second kappa shape index (κ2) is 5.06. The summed E-state index contributed by atoms with van der Waals surface area (Å²) in [5, 5.41) is 11.4. The van der Waals surface area contributed by atoms with Crippen LogP contribution in [-0.4, -0.2) is 32.8 Å². The molecule has 1 aliphatic heterocycles. The molecule has 2 aromatic heterocycles. The minimum Gasteiger partial charge on any atom is -0.494 e. The Kier molecular flexibility index (Phi) is 3.04. The summed E-state index contributed by atoms with van der Waals surface area (Å²) in [7, 11) is 1.60. The van der Waals surface area contributed by atoms with Crippen molar-refractivity contribution in [3.63, 3.8) is 0 Å². The first-order chi connectivity index (χ1) is 10.8. The van der Waals surface area contributed by atoms with Crippen LogP contribution in [0.5, 0.6) is 5.75 Å². The van der Waals surface area contributed by atoms with Crippen LogP contribution in [0.15, 0.2) is 18.2 Å². The molecule has 0 saturated carbocycles. The first kappa shape index (κ1) is 13.2. The van der Waals surface area contributed by atoms with Gasteiger partial charge in [0.05, 0.1) is 11.8 Å². The van der Waals surface area contributed by atoms with Crippen LogP contribution in [0.1, 0.15) is 22.9 Å². The Morgan fingerprint density at radius 3 is 3.18 bits per heavy atom. The van der Waals surface area contributed by atoms with Gasteiger partial charge in [-0.1, -0.05) is 17.4 Å². The number of carbonyl (C=O) groups is 1. The lowest BCUT2D eigenvalue weighted by Gasteiger charge is -2.02. The van der Waals surface area contributed by atoms with Crippen LogP contribution in [0.4, 0.5) is 5.13 Å². The molecule has 0 radical (unpaired) electrons. The van der Waals surface area contributed by atoms with Crippen molar-refractivity contribution in [1.29, 1.82) is 0 Å². The molecule has 112 valence electrons. The monoisotopic (exact) mass is 315 g/mol. The van der Waals surface area contributed by atoms with E-state index in [0.717, 1.165) is 35.4 Å². The molecule has 22 heavy (non-hydrogen) atoms. The van der Waals surface area contributed by atoms with E-state index < -0.39 is 0 Å². The van der Waals surface area contributed by atoms with E-state index in [9.17, 15) is 4.79 Å². The van der Waals surface area contributed by atoms with Gasteiger partial charge in [0.2, 0.25) is 5.82 Å². The van der Waals surface area contributed by atoms with Crippen molar-refractivity contribution in [2.24, 2.45) is 0 Å². The molecule has 0 fully saturated rings. The van der Waals surface area contributed by atoms with Gasteiger partial charge < -0.3 is 9.30 Å². The Hall–Kier alpha value is -2.48. The Morgan fingerprint density at radius 2 is 2.32 bits per heavy atom. The molecule has 8 heteroatoms. The zero-order valence-electron chi connectivity index (χ0n) is 11.9. The Balaban J connectivity index is 1.64. The quantitative estimate of drug-likeness (QED) is 0.800. The second-order valence-electron chi connectivity index (χ2n) is 4.98. The van der Waals surface area contributed by atoms with E-state index >= 15 is 0 Å². The molecule has 0 spiro atoms. The van der Waals surface area contributed by atoms with Crippen molar-refractivity contribution in [2.45, 2.75) is 19.4 Å². The van der Waals surface area contributed by atoms with Gasteiger partial charge in [0, 0.05) is 13.0 Å². The lowest BCUT2D eigenvalue weighted by atomic mass is 10.3. The minimum absolute atomic E-state index is 0.279. The summed E-state index contributed by atoms with van der Waals surface area (Å²) < 4.78 is 8.11. The molecule has 0 atom stereocenters. The number of thiazole rings is 1. The van der Waals surface area contributed by atoms with Crippen LogP contribution < -0.4 is 10.1 Å². The molecule has 0 saturated heterocycles. The van der Waals surface area contributed by atoms with Crippen molar-refractivity contribution >= 4 is 32.6 Å². The van der Waals surface area contributed by atoms with Gasteiger partial charge in [-0.15, -0.1) is 10.2 Å². The summed E-state index contributed by atoms with van der Waals surface area (Å²) in [6.07, 6.45) is 1.88. The molecule has 1 amide bonds. The second-order valence-corrected chi connectivity index (χ2v) is 6.01. The van der Waals surface area contributed by atoms with Crippen molar-refractivity contribution in [1.82, 2.24) is 19.7 Å². The van der Waals surface area contributed by atoms with Crippen LogP contribution >= 0.6 is 11.3 Å². The molecule has 1 aromatic carbocycles. The van der Waals surface area contributed by atoms with E-state index in [1.54, 1.807) is 7.11 Å². The number of nitrogens with zero attached hydrogens (tertiary/aromatic N) is 4. The highest BCUT2D eigenvalue weighted by molar-refractivity contribution is 7.22. The van der Waals surface area contributed by atoms with Crippen molar-refractivity contribution in [3.05, 3.63) is 29.8 Å². The number of aromatic nitrogens is 4. The Labute approximate surface area is 130 Å². The van der Waals surface area contributed by atoms with Crippen LogP contribution in [-0.2, 0) is 13.0 Å². The number of hydrogen-bond donors (Lipinski definition) is 1. The maximum atomic E-state index is 12.4. The Morgan fingerprint density at radius 1 is 1.41 bits per heavy atom. The first-order valence-electron chi connectivity index (χ1n) is 6.93. The normalized spacial score (nSPS) is 13.3. The number of nitrogens with one attached hydrogen (secondary N) is 1. The number of fused-ring (bicyclic) bond motifs is 2. The molecular formula is C14H13N5O2S. The highest BCUT2D eigenvalue weighted by atomic mass is 32.1. The number of rotatable bonds is 3. The molecule has 1 aliphatic rings. The lowest BCUT2D eigenvalue weighted by molar-refractivity contribution is 0.101. The summed E-state index contributed by atoms with van der Waals surface area (Å²) >= 11 is 1.41. The van der Waals surface area contributed by atoms with Crippen molar-refractivity contribution < 1.29 is 9.53 Å². The maximum Gasteiger partial charge on any atom is 0.295 e. The number of aryl methyl sites for hydroxylation is 1. The fourth-order valence-corrected chi connectivity index (χ4v) is 3.49. The van der Waals surface area contributed by atoms with Gasteiger partial charge in [0.1, 0.15) is 17.1 Å². The van der Waals surface area contributed by atoms with Gasteiger partial charge in [-0.3, -0.25) is 10.1 Å². The van der Waals surface area contributed by atoms with E-state index in [0.29, 0.717) is 16.7 Å². The van der Waals surface area contributed by atoms with E-state index in [1.807, 2.05) is 22.8 Å². The molecule has 0 unspecified atom stereocenters. The summed E-state index contributed by atoms with van der Waals surface area (Å²) in [6.45, 7) is 0.790. The van der Waals surface area contributed by atoms with Gasteiger partial charge in [-0.2, -0.15) is 0 Å². The third-order valence-corrected chi connectivity index (χ3v) is 4.57. The van der Waals surface area contributed by atoms with Gasteiger partial charge in [0.25, 0.3) is 5.91 Å². The molecule has 0 aliphatic carbocycles. The number of carbonyl (C=O) groups excluding carboxylic acids is 1. The largest absolute Gasteiger partial charge is 0.494 e. The average Bonchev–Trinajstić information content (AvgIpc) is 3.20. The van der Waals surface area contributed by atoms with Crippen LogP contribution in [0.25, 0.3) is 10.2 Å². The molecule has 3 heterocycles. The highest BCUT2D eigenvalue weighted by Crippen LogP contribution is 2.32. The minimum atomic E-state index is -0.279. The van der Waals surface area contributed by atoms with Gasteiger partial charge in [0.15, 0.2) is 5.13 Å². The standard InChI is InChI=1S/C14H13N5O2S/c1-21-8-4-2-5-9-11(8)15-14(22-9)16-13(20)12-18-17-10-6-3-7-19(10)12/h2,4-5H,3,6-7H2,1H3,(H,15,16,20). The number of methoxy groups -OCH3 is 1. The molecule has 1 N–H and O–H groups in total. The summed E-state index contributed by atoms with van der Waals surface area (Å²) in [6, 6.07) is 5.69. The zero-order chi connectivity index (χ0) is 15.1. The molecular weight excluding hydrogens is 302 g/mol. The SMILES string of the molecule is COc1cccc2sc(NC(=O)c3nnc4n3CCC4)nc12. The summed E-state index contributed by atoms with van der Waals surface area (Å²) in [5.74, 6) is 1.63. The predicted octanol–water partition coefficient (Wildman–Crippen LogP) is 2.09. The topological polar surface area (TPSA) is 81.9 Å². The van der Waals surface area contributed by atoms with Gasteiger partial charge >= 0.3 is 0 Å². The molecule has 4 rings (SSSR count). The van der Waals surface area contributed by atoms with E-state index in [-0.39, 0.29) is 5.91 Å². The number of amides is 1. The van der Waals surface area contributed by atoms with E-state index in [2.05, 4.69) is 20.5 Å². The summed E-state index contributed by atoms with van der Waals surface area (Å²) in [5.41, 5.74) is 0.747. The molecule has 7 nitrogen and oxygen atoms in total. The smallest absolute Gasteiger partial charge is 0.295 e. The summed E-state index contributed by atoms with van der Waals surface area (Å²) in [4.78, 5) is 16.8. The van der Waals surface area contributed by atoms with Gasteiger partial charge in [-0.25, -0.2) is 4.98 Å². The third kappa shape index (κ3) is 2.03. The fourth-order valence-electron chi connectivity index (χ4n) is 2.61. The van der Waals surface area contributed by atoms with Crippen molar-refractivity contribution in [2.75, 3.05) is 12.4 Å². The molecule has 3 aromatic rings. The first-order valence-corrected chi connectivity index (χ1v) is 7.75. The zero-order valence-corrected chi connectivity index (χ0v) is 12.7. The number of anilines is 1. The third-order valence-electron chi connectivity index (χ3n) is 3.63. The maximum absolute atomic E-state index is 12.4. The van der Waals surface area contributed by atoms with Crippen LogP contribution in [0.3, 0.4) is 0 Å². The number of ether oxygens (including phenoxy) is 1.